The van der Waals surface area contributed by atoms with Gasteiger partial charge in [0.2, 0.25) is 5.95 Å². The number of thiophene rings is 1. The third-order valence-corrected chi connectivity index (χ3v) is 6.34. The van der Waals surface area contributed by atoms with Crippen LogP contribution < -0.4 is 10.5 Å². The van der Waals surface area contributed by atoms with Crippen molar-refractivity contribution >= 4 is 27.5 Å². The lowest BCUT2D eigenvalue weighted by atomic mass is 9.97. The molecule has 1 fully saturated rings. The van der Waals surface area contributed by atoms with Crippen LogP contribution in [0.4, 0.5) is 5.95 Å². The number of rotatable bonds is 2. The highest BCUT2D eigenvalue weighted by molar-refractivity contribution is 7.18. The average molecular weight is 331 g/mol. The summed E-state index contributed by atoms with van der Waals surface area (Å²) in [6.07, 6.45) is 8.31. The number of anilines is 1. The van der Waals surface area contributed by atoms with E-state index >= 15 is 0 Å². The van der Waals surface area contributed by atoms with Crippen molar-refractivity contribution in [2.45, 2.75) is 64.8 Å². The van der Waals surface area contributed by atoms with Crippen LogP contribution in [0.5, 0.6) is 0 Å². The molecular weight excluding hydrogens is 306 g/mol. The van der Waals surface area contributed by atoms with Gasteiger partial charge in [0.25, 0.3) is 5.56 Å². The first kappa shape index (κ1) is 15.2. The fraction of sp³-hybridized carbons (Fsp3) is 0.667. The SMILES string of the molecule is CC(C)n1c(N2CCCCC2)nc2sc3c(c2c1=O)CCCC3. The highest BCUT2D eigenvalue weighted by Gasteiger charge is 2.25. The van der Waals surface area contributed by atoms with Crippen molar-refractivity contribution in [1.82, 2.24) is 9.55 Å². The summed E-state index contributed by atoms with van der Waals surface area (Å²) >= 11 is 1.76. The summed E-state index contributed by atoms with van der Waals surface area (Å²) in [6, 6.07) is 0.149. The molecule has 2 aromatic rings. The maximum Gasteiger partial charge on any atom is 0.264 e. The van der Waals surface area contributed by atoms with Crippen molar-refractivity contribution < 1.29 is 0 Å². The second-order valence-electron chi connectivity index (χ2n) is 7.12. The highest BCUT2D eigenvalue weighted by Crippen LogP contribution is 2.35. The maximum absolute atomic E-state index is 13.3. The Labute approximate surface area is 141 Å². The maximum atomic E-state index is 13.3. The summed E-state index contributed by atoms with van der Waals surface area (Å²) in [5.74, 6) is 0.899. The Morgan fingerprint density at radius 2 is 1.78 bits per heavy atom. The van der Waals surface area contributed by atoms with E-state index in [1.807, 2.05) is 4.57 Å². The molecule has 0 saturated carbocycles. The highest BCUT2D eigenvalue weighted by atomic mass is 32.1. The van der Waals surface area contributed by atoms with Crippen molar-refractivity contribution in [3.05, 3.63) is 20.8 Å². The van der Waals surface area contributed by atoms with Gasteiger partial charge in [-0.2, -0.15) is 0 Å². The first-order valence-corrected chi connectivity index (χ1v) is 9.80. The molecule has 2 aromatic heterocycles. The van der Waals surface area contributed by atoms with E-state index in [4.69, 9.17) is 4.98 Å². The van der Waals surface area contributed by atoms with Gasteiger partial charge in [0, 0.05) is 24.0 Å². The smallest absolute Gasteiger partial charge is 0.264 e. The van der Waals surface area contributed by atoms with Gasteiger partial charge < -0.3 is 4.90 Å². The van der Waals surface area contributed by atoms with Crippen LogP contribution in [-0.4, -0.2) is 22.6 Å². The number of nitrogens with zero attached hydrogens (tertiary/aromatic N) is 3. The minimum Gasteiger partial charge on any atom is -0.342 e. The second kappa shape index (κ2) is 5.93. The van der Waals surface area contributed by atoms with E-state index in [9.17, 15) is 4.79 Å². The normalized spacial score (nSPS) is 18.7. The van der Waals surface area contributed by atoms with Crippen LogP contribution >= 0.6 is 11.3 Å². The Morgan fingerprint density at radius 1 is 1.04 bits per heavy atom. The topological polar surface area (TPSA) is 38.1 Å². The number of hydrogen-bond donors (Lipinski definition) is 0. The molecule has 1 aliphatic carbocycles. The van der Waals surface area contributed by atoms with E-state index in [1.54, 1.807) is 11.3 Å². The van der Waals surface area contributed by atoms with Gasteiger partial charge in [-0.15, -0.1) is 11.3 Å². The molecule has 0 bridgehead atoms. The molecule has 0 N–H and O–H groups in total. The Morgan fingerprint density at radius 3 is 2.52 bits per heavy atom. The van der Waals surface area contributed by atoms with Gasteiger partial charge in [-0.25, -0.2) is 4.98 Å². The lowest BCUT2D eigenvalue weighted by molar-refractivity contribution is 0.520. The predicted octanol–water partition coefficient (Wildman–Crippen LogP) is 3.91. The van der Waals surface area contributed by atoms with Crippen molar-refractivity contribution in [3.63, 3.8) is 0 Å². The van der Waals surface area contributed by atoms with Crippen LogP contribution in [0.25, 0.3) is 10.2 Å². The standard InChI is InChI=1S/C18H25N3OS/c1-12(2)21-17(22)15-13-8-4-5-9-14(13)23-16(15)19-18(21)20-10-6-3-7-11-20/h12H,3-11H2,1-2H3. The molecule has 0 radical (unpaired) electrons. The minimum absolute atomic E-state index is 0.149. The fourth-order valence-electron chi connectivity index (χ4n) is 3.99. The summed E-state index contributed by atoms with van der Waals surface area (Å²) in [5.41, 5.74) is 1.48. The zero-order valence-corrected chi connectivity index (χ0v) is 14.9. The van der Waals surface area contributed by atoms with Crippen LogP contribution in [0.3, 0.4) is 0 Å². The van der Waals surface area contributed by atoms with E-state index in [-0.39, 0.29) is 11.6 Å². The van der Waals surface area contributed by atoms with Gasteiger partial charge in [-0.3, -0.25) is 9.36 Å². The molecular formula is C18H25N3OS. The summed E-state index contributed by atoms with van der Waals surface area (Å²) in [4.78, 5) is 23.0. The van der Waals surface area contributed by atoms with Crippen molar-refractivity contribution in [2.24, 2.45) is 0 Å². The number of hydrogen-bond acceptors (Lipinski definition) is 4. The lowest BCUT2D eigenvalue weighted by Crippen LogP contribution is -2.37. The van der Waals surface area contributed by atoms with Gasteiger partial charge in [0.1, 0.15) is 4.83 Å². The van der Waals surface area contributed by atoms with E-state index < -0.39 is 0 Å². The molecule has 1 aliphatic heterocycles. The molecule has 4 rings (SSSR count). The van der Waals surface area contributed by atoms with E-state index in [0.717, 1.165) is 42.1 Å². The molecule has 4 nitrogen and oxygen atoms in total. The molecule has 2 aliphatic rings. The Balaban J connectivity index is 1.95. The Bertz CT molecular complexity index is 784. The molecule has 124 valence electrons. The molecule has 0 spiro atoms. The van der Waals surface area contributed by atoms with Crippen LogP contribution in [0.2, 0.25) is 0 Å². The van der Waals surface area contributed by atoms with Crippen molar-refractivity contribution in [3.8, 4) is 0 Å². The second-order valence-corrected chi connectivity index (χ2v) is 8.20. The molecule has 1 saturated heterocycles. The predicted molar refractivity (Wildman–Crippen MR) is 97.0 cm³/mol. The quantitative estimate of drug-likeness (QED) is 0.837. The Hall–Kier alpha value is -1.36. The lowest BCUT2D eigenvalue weighted by Gasteiger charge is -2.30. The van der Waals surface area contributed by atoms with Gasteiger partial charge in [0.15, 0.2) is 0 Å². The monoisotopic (exact) mass is 331 g/mol. The number of fused-ring (bicyclic) bond motifs is 3. The number of aryl methyl sites for hydroxylation is 2. The third-order valence-electron chi connectivity index (χ3n) is 5.16. The molecule has 0 amide bonds. The Kier molecular flexibility index (Phi) is 3.92. The van der Waals surface area contributed by atoms with Gasteiger partial charge in [-0.05, 0) is 64.4 Å². The van der Waals surface area contributed by atoms with Crippen molar-refractivity contribution in [2.75, 3.05) is 18.0 Å². The number of piperidine rings is 1. The fourth-order valence-corrected chi connectivity index (χ4v) is 5.24. The summed E-state index contributed by atoms with van der Waals surface area (Å²) < 4.78 is 1.94. The minimum atomic E-state index is 0.149. The average Bonchev–Trinajstić information content (AvgIpc) is 2.93. The van der Waals surface area contributed by atoms with E-state index in [2.05, 4.69) is 18.7 Å². The van der Waals surface area contributed by atoms with Crippen LogP contribution in [0.15, 0.2) is 4.79 Å². The molecule has 23 heavy (non-hydrogen) atoms. The number of aromatic nitrogens is 2. The van der Waals surface area contributed by atoms with Gasteiger partial charge >= 0.3 is 0 Å². The van der Waals surface area contributed by atoms with Crippen LogP contribution in [0, 0.1) is 0 Å². The van der Waals surface area contributed by atoms with Gasteiger partial charge in [0.05, 0.1) is 5.39 Å². The third kappa shape index (κ3) is 2.49. The zero-order chi connectivity index (χ0) is 16.0. The molecule has 0 atom stereocenters. The zero-order valence-electron chi connectivity index (χ0n) is 14.1. The summed E-state index contributed by atoms with van der Waals surface area (Å²) in [7, 11) is 0. The van der Waals surface area contributed by atoms with E-state index in [0.29, 0.717) is 0 Å². The molecule has 0 aromatic carbocycles. The molecule has 0 unspecified atom stereocenters. The van der Waals surface area contributed by atoms with Gasteiger partial charge in [-0.1, -0.05) is 0 Å². The largest absolute Gasteiger partial charge is 0.342 e. The summed E-state index contributed by atoms with van der Waals surface area (Å²) in [6.45, 7) is 6.24. The molecule has 5 heteroatoms. The van der Waals surface area contributed by atoms with E-state index in [1.165, 1.54) is 42.5 Å². The first-order chi connectivity index (χ1) is 11.2. The first-order valence-electron chi connectivity index (χ1n) is 8.98. The van der Waals surface area contributed by atoms with Crippen LogP contribution in [0.1, 0.15) is 62.4 Å². The summed E-state index contributed by atoms with van der Waals surface area (Å²) in [5, 5.41) is 0.916. The molecule has 3 heterocycles. The van der Waals surface area contributed by atoms with Crippen LogP contribution in [-0.2, 0) is 12.8 Å². The van der Waals surface area contributed by atoms with Crippen molar-refractivity contribution in [1.29, 1.82) is 0 Å².